The second-order valence-corrected chi connectivity index (χ2v) is 4.06. The van der Waals surface area contributed by atoms with Gasteiger partial charge in [0, 0.05) is 11.6 Å². The molecule has 2 nitrogen and oxygen atoms in total. The van der Waals surface area contributed by atoms with Gasteiger partial charge in [0.25, 0.3) is 0 Å². The van der Waals surface area contributed by atoms with E-state index in [-0.39, 0.29) is 0 Å². The number of aromatic nitrogens is 1. The molecule has 1 aromatic heterocycles. The summed E-state index contributed by atoms with van der Waals surface area (Å²) in [5.74, 6) is 0.648. The van der Waals surface area contributed by atoms with Gasteiger partial charge in [-0.25, -0.2) is 4.98 Å². The molecule has 1 atom stereocenters. The molecular weight excluding hydrogens is 196 g/mol. The van der Waals surface area contributed by atoms with Gasteiger partial charge in [-0.2, -0.15) is 0 Å². The van der Waals surface area contributed by atoms with E-state index in [0.717, 1.165) is 31.2 Å². The molecule has 1 aromatic rings. The van der Waals surface area contributed by atoms with Gasteiger partial charge in [0.2, 0.25) is 0 Å². The molecule has 2 N–H and O–H groups in total. The Morgan fingerprint density at radius 3 is 3.00 bits per heavy atom. The van der Waals surface area contributed by atoms with E-state index in [4.69, 9.17) is 17.3 Å². The van der Waals surface area contributed by atoms with E-state index in [0.29, 0.717) is 11.2 Å². The number of rotatable bonds is 5. The number of hydrogen-bond acceptors (Lipinski definition) is 2. The molecule has 0 saturated carbocycles. The van der Waals surface area contributed by atoms with Crippen LogP contribution in [0.1, 0.15) is 31.7 Å². The molecule has 0 saturated heterocycles. The zero-order chi connectivity index (χ0) is 10.4. The SMILES string of the molecule is CCC(Cl)CCCc1cccnc1N. The van der Waals surface area contributed by atoms with Gasteiger partial charge >= 0.3 is 0 Å². The van der Waals surface area contributed by atoms with Crippen LogP contribution in [-0.4, -0.2) is 10.4 Å². The van der Waals surface area contributed by atoms with Gasteiger partial charge in [0.1, 0.15) is 5.82 Å². The third-order valence-electron chi connectivity index (χ3n) is 2.33. The highest BCUT2D eigenvalue weighted by molar-refractivity contribution is 6.20. The van der Waals surface area contributed by atoms with Crippen LogP contribution in [0.3, 0.4) is 0 Å². The maximum Gasteiger partial charge on any atom is 0.126 e. The Hall–Kier alpha value is -0.760. The first-order valence-electron chi connectivity index (χ1n) is 5.07. The van der Waals surface area contributed by atoms with Gasteiger partial charge < -0.3 is 5.73 Å². The first kappa shape index (κ1) is 11.3. The lowest BCUT2D eigenvalue weighted by atomic mass is 10.1. The summed E-state index contributed by atoms with van der Waals surface area (Å²) in [7, 11) is 0. The Kier molecular flexibility index (Phi) is 4.74. The lowest BCUT2D eigenvalue weighted by Crippen LogP contribution is -2.00. The molecule has 0 aliphatic rings. The molecule has 0 aliphatic carbocycles. The minimum Gasteiger partial charge on any atom is -0.383 e. The molecule has 3 heteroatoms. The number of anilines is 1. The fraction of sp³-hybridized carbons (Fsp3) is 0.545. The van der Waals surface area contributed by atoms with Crippen molar-refractivity contribution in [2.45, 2.75) is 38.0 Å². The maximum atomic E-state index is 6.02. The van der Waals surface area contributed by atoms with E-state index in [9.17, 15) is 0 Å². The summed E-state index contributed by atoms with van der Waals surface area (Å²) in [4.78, 5) is 4.04. The molecule has 0 spiro atoms. The van der Waals surface area contributed by atoms with E-state index in [1.807, 2.05) is 12.1 Å². The Labute approximate surface area is 90.5 Å². The van der Waals surface area contributed by atoms with Gasteiger partial charge in [0.05, 0.1) is 0 Å². The van der Waals surface area contributed by atoms with Crippen LogP contribution < -0.4 is 5.73 Å². The quantitative estimate of drug-likeness (QED) is 0.763. The van der Waals surface area contributed by atoms with Crippen LogP contribution in [0.5, 0.6) is 0 Å². The van der Waals surface area contributed by atoms with E-state index < -0.39 is 0 Å². The first-order chi connectivity index (χ1) is 6.74. The van der Waals surface area contributed by atoms with Crippen LogP contribution in [0.4, 0.5) is 5.82 Å². The van der Waals surface area contributed by atoms with Crippen molar-refractivity contribution in [2.24, 2.45) is 0 Å². The van der Waals surface area contributed by atoms with Crippen molar-refractivity contribution in [1.82, 2.24) is 4.98 Å². The molecule has 1 rings (SSSR count). The minimum atomic E-state index is 0.299. The topological polar surface area (TPSA) is 38.9 Å². The number of pyridine rings is 1. The molecule has 0 radical (unpaired) electrons. The lowest BCUT2D eigenvalue weighted by Gasteiger charge is -2.06. The Balaban J connectivity index is 2.35. The molecule has 0 aliphatic heterocycles. The third-order valence-corrected chi connectivity index (χ3v) is 2.86. The van der Waals surface area contributed by atoms with Gasteiger partial charge in [0.15, 0.2) is 0 Å². The van der Waals surface area contributed by atoms with Crippen molar-refractivity contribution in [2.75, 3.05) is 5.73 Å². The summed E-state index contributed by atoms with van der Waals surface area (Å²) in [6.45, 7) is 2.11. The predicted octanol–water partition coefficient (Wildman–Crippen LogP) is 3.00. The summed E-state index contributed by atoms with van der Waals surface area (Å²) in [6, 6.07) is 3.95. The molecule has 78 valence electrons. The third kappa shape index (κ3) is 3.54. The van der Waals surface area contributed by atoms with E-state index in [1.54, 1.807) is 6.20 Å². The van der Waals surface area contributed by atoms with E-state index >= 15 is 0 Å². The highest BCUT2D eigenvalue weighted by atomic mass is 35.5. The second kappa shape index (κ2) is 5.86. The van der Waals surface area contributed by atoms with Crippen LogP contribution in [0.25, 0.3) is 0 Å². The molecule has 1 unspecified atom stereocenters. The zero-order valence-electron chi connectivity index (χ0n) is 8.54. The van der Waals surface area contributed by atoms with Gasteiger partial charge in [-0.15, -0.1) is 11.6 Å². The average molecular weight is 213 g/mol. The van der Waals surface area contributed by atoms with Crippen LogP contribution in [0.15, 0.2) is 18.3 Å². The minimum absolute atomic E-state index is 0.299. The van der Waals surface area contributed by atoms with Crippen molar-refractivity contribution < 1.29 is 0 Å². The standard InChI is InChI=1S/C11H17ClN2/c1-2-10(12)7-3-5-9-6-4-8-14-11(9)13/h4,6,8,10H,2-3,5,7H2,1H3,(H2,13,14). The molecular formula is C11H17ClN2. The molecule has 1 heterocycles. The number of aryl methyl sites for hydroxylation is 1. The van der Waals surface area contributed by atoms with Gasteiger partial charge in [-0.3, -0.25) is 0 Å². The largest absolute Gasteiger partial charge is 0.383 e. The number of nitrogens with two attached hydrogens (primary N) is 1. The number of halogens is 1. The van der Waals surface area contributed by atoms with Crippen molar-refractivity contribution in [3.8, 4) is 0 Å². The van der Waals surface area contributed by atoms with Crippen LogP contribution in [0, 0.1) is 0 Å². The number of nitrogens with zero attached hydrogens (tertiary/aromatic N) is 1. The van der Waals surface area contributed by atoms with Gasteiger partial charge in [-0.05, 0) is 37.3 Å². The summed E-state index contributed by atoms with van der Waals surface area (Å²) < 4.78 is 0. The van der Waals surface area contributed by atoms with Crippen molar-refractivity contribution >= 4 is 17.4 Å². The van der Waals surface area contributed by atoms with Crippen molar-refractivity contribution in [3.63, 3.8) is 0 Å². The highest BCUT2D eigenvalue weighted by Crippen LogP contribution is 2.15. The first-order valence-corrected chi connectivity index (χ1v) is 5.51. The molecule has 14 heavy (non-hydrogen) atoms. The number of hydrogen-bond donors (Lipinski definition) is 1. The maximum absolute atomic E-state index is 6.02. The molecule has 0 amide bonds. The van der Waals surface area contributed by atoms with E-state index in [2.05, 4.69) is 11.9 Å². The van der Waals surface area contributed by atoms with Crippen LogP contribution in [-0.2, 0) is 6.42 Å². The summed E-state index contributed by atoms with van der Waals surface area (Å²) in [5, 5.41) is 0.299. The molecule has 0 aromatic carbocycles. The number of nitrogen functional groups attached to an aromatic ring is 1. The van der Waals surface area contributed by atoms with Crippen molar-refractivity contribution in [3.05, 3.63) is 23.9 Å². The second-order valence-electron chi connectivity index (χ2n) is 3.45. The predicted molar refractivity (Wildman–Crippen MR) is 61.5 cm³/mol. The van der Waals surface area contributed by atoms with E-state index in [1.165, 1.54) is 0 Å². The van der Waals surface area contributed by atoms with Crippen molar-refractivity contribution in [1.29, 1.82) is 0 Å². The summed E-state index contributed by atoms with van der Waals surface area (Å²) in [5.41, 5.74) is 6.86. The molecule has 0 fully saturated rings. The summed E-state index contributed by atoms with van der Waals surface area (Å²) in [6.07, 6.45) is 5.85. The smallest absolute Gasteiger partial charge is 0.126 e. The van der Waals surface area contributed by atoms with Crippen LogP contribution >= 0.6 is 11.6 Å². The fourth-order valence-electron chi connectivity index (χ4n) is 1.38. The monoisotopic (exact) mass is 212 g/mol. The lowest BCUT2D eigenvalue weighted by molar-refractivity contribution is 0.674. The number of alkyl halides is 1. The summed E-state index contributed by atoms with van der Waals surface area (Å²) >= 11 is 6.02. The molecule has 0 bridgehead atoms. The van der Waals surface area contributed by atoms with Crippen LogP contribution in [0.2, 0.25) is 0 Å². The highest BCUT2D eigenvalue weighted by Gasteiger charge is 2.03. The van der Waals surface area contributed by atoms with Gasteiger partial charge in [-0.1, -0.05) is 13.0 Å². The Bertz CT molecular complexity index is 276. The fourth-order valence-corrected chi connectivity index (χ4v) is 1.53. The zero-order valence-corrected chi connectivity index (χ0v) is 9.30. The normalized spacial score (nSPS) is 12.7. The Morgan fingerprint density at radius 2 is 2.36 bits per heavy atom. The average Bonchev–Trinajstić information content (AvgIpc) is 2.20. The Morgan fingerprint density at radius 1 is 1.57 bits per heavy atom.